The van der Waals surface area contributed by atoms with Gasteiger partial charge in [-0.05, 0) is 79.7 Å². The highest BCUT2D eigenvalue weighted by Gasteiger charge is 2.25. The largest absolute Gasteiger partial charge is 0.351 e. The first kappa shape index (κ1) is 21.5. The van der Waals surface area contributed by atoms with Crippen molar-refractivity contribution in [2.75, 3.05) is 11.9 Å². The summed E-state index contributed by atoms with van der Waals surface area (Å²) < 4.78 is 13.0. The molecular weight excluding hydrogens is 417 g/mol. The van der Waals surface area contributed by atoms with Crippen molar-refractivity contribution in [3.05, 3.63) is 58.5 Å². The van der Waals surface area contributed by atoms with Crippen LogP contribution in [0, 0.1) is 11.7 Å². The molecule has 1 aromatic carbocycles. The highest BCUT2D eigenvalue weighted by Crippen LogP contribution is 2.27. The highest BCUT2D eigenvalue weighted by atomic mass is 32.2. The van der Waals surface area contributed by atoms with Crippen LogP contribution >= 0.6 is 11.8 Å². The van der Waals surface area contributed by atoms with Crippen LogP contribution in [-0.2, 0) is 11.3 Å². The predicted octanol–water partition coefficient (Wildman–Crippen LogP) is 3.70. The number of benzene rings is 1. The summed E-state index contributed by atoms with van der Waals surface area (Å²) in [6.45, 7) is 1.69. The van der Waals surface area contributed by atoms with Gasteiger partial charge in [0.15, 0.2) is 0 Å². The molecule has 2 aromatic rings. The molecule has 9 heteroatoms. The topological polar surface area (TPSA) is 96.0 Å². The molecule has 3 N–H and O–H groups in total. The van der Waals surface area contributed by atoms with Crippen LogP contribution in [0.3, 0.4) is 0 Å². The maximum atomic E-state index is 13.0. The number of nitrogens with zero attached hydrogens (tertiary/aromatic N) is 2. The Morgan fingerprint density at radius 2 is 1.90 bits per heavy atom. The second kappa shape index (κ2) is 10.0. The lowest BCUT2D eigenvalue weighted by atomic mass is 9.86. The fourth-order valence-electron chi connectivity index (χ4n) is 3.79. The highest BCUT2D eigenvalue weighted by molar-refractivity contribution is 8.18. The Morgan fingerprint density at radius 3 is 2.61 bits per heavy atom. The quantitative estimate of drug-likeness (QED) is 0.564. The molecule has 7 nitrogen and oxygen atoms in total. The van der Waals surface area contributed by atoms with Crippen LogP contribution in [0.2, 0.25) is 0 Å². The van der Waals surface area contributed by atoms with Crippen LogP contribution in [0.25, 0.3) is 6.08 Å². The molecule has 1 aromatic heterocycles. The lowest BCUT2D eigenvalue weighted by molar-refractivity contribution is -0.115. The SMILES string of the molecule is O=C1NC(=O)/C(=C/c2ccnc(NC3CCC(CNCc4ccc(F)cc4)CC3)n2)S1. The van der Waals surface area contributed by atoms with Crippen molar-refractivity contribution in [3.8, 4) is 0 Å². The van der Waals surface area contributed by atoms with Gasteiger partial charge in [-0.15, -0.1) is 0 Å². The number of rotatable bonds is 7. The number of amides is 2. The number of thioether (sulfide) groups is 1. The first-order valence-electron chi connectivity index (χ1n) is 10.3. The molecular formula is C22H24FN5O2S. The Bertz CT molecular complexity index is 974. The summed E-state index contributed by atoms with van der Waals surface area (Å²) in [5.74, 6) is 0.543. The minimum absolute atomic E-state index is 0.209. The monoisotopic (exact) mass is 441 g/mol. The first-order valence-corrected chi connectivity index (χ1v) is 11.2. The van der Waals surface area contributed by atoms with E-state index in [0.717, 1.165) is 56.1 Å². The van der Waals surface area contributed by atoms with Crippen molar-refractivity contribution in [2.24, 2.45) is 5.92 Å². The van der Waals surface area contributed by atoms with Crippen LogP contribution in [0.15, 0.2) is 41.4 Å². The number of hydrogen-bond donors (Lipinski definition) is 3. The zero-order valence-corrected chi connectivity index (χ0v) is 17.8. The van der Waals surface area contributed by atoms with Gasteiger partial charge < -0.3 is 10.6 Å². The molecule has 0 unspecified atom stereocenters. The second-order valence-electron chi connectivity index (χ2n) is 7.78. The van der Waals surface area contributed by atoms with Gasteiger partial charge in [-0.1, -0.05) is 12.1 Å². The fourth-order valence-corrected chi connectivity index (χ4v) is 4.46. The Balaban J connectivity index is 1.23. The molecule has 1 saturated heterocycles. The van der Waals surface area contributed by atoms with E-state index < -0.39 is 5.91 Å². The normalized spacial score (nSPS) is 22.5. The standard InChI is InChI=1S/C22H24FN5O2S/c23-16-5-1-14(2-6-16)12-24-13-15-3-7-17(8-4-15)26-21-25-10-9-18(27-21)11-19-20(29)28-22(30)31-19/h1-2,5-6,9-11,15,17,24H,3-4,7-8,12-13H2,(H,25,26,27)(H,28,29,30)/b19-11-. The number of aromatic nitrogens is 2. The van der Waals surface area contributed by atoms with Crippen molar-refractivity contribution >= 4 is 34.9 Å². The van der Waals surface area contributed by atoms with E-state index in [9.17, 15) is 14.0 Å². The zero-order chi connectivity index (χ0) is 21.6. The van der Waals surface area contributed by atoms with Crippen LogP contribution < -0.4 is 16.0 Å². The van der Waals surface area contributed by atoms with E-state index in [1.165, 1.54) is 12.1 Å². The summed E-state index contributed by atoms with van der Waals surface area (Å²) in [6, 6.07) is 8.61. The van der Waals surface area contributed by atoms with Gasteiger partial charge in [0, 0.05) is 18.8 Å². The minimum atomic E-state index is -0.394. The second-order valence-corrected chi connectivity index (χ2v) is 8.79. The number of nitrogens with one attached hydrogen (secondary N) is 3. The van der Waals surface area contributed by atoms with Gasteiger partial charge in [-0.3, -0.25) is 14.9 Å². The number of anilines is 1. The average Bonchev–Trinajstić information content (AvgIpc) is 3.07. The third-order valence-corrected chi connectivity index (χ3v) is 6.26. The Labute approximate surface area is 184 Å². The van der Waals surface area contributed by atoms with E-state index in [-0.39, 0.29) is 11.1 Å². The van der Waals surface area contributed by atoms with Crippen LogP contribution in [0.4, 0.5) is 15.1 Å². The van der Waals surface area contributed by atoms with E-state index >= 15 is 0 Å². The van der Waals surface area contributed by atoms with Crippen LogP contribution in [0.5, 0.6) is 0 Å². The molecule has 2 aliphatic rings. The smallest absolute Gasteiger partial charge is 0.290 e. The maximum Gasteiger partial charge on any atom is 0.290 e. The summed E-state index contributed by atoms with van der Waals surface area (Å²) in [7, 11) is 0. The number of halogens is 1. The van der Waals surface area contributed by atoms with Crippen LogP contribution in [-0.4, -0.2) is 33.7 Å². The molecule has 162 valence electrons. The van der Waals surface area contributed by atoms with E-state index in [1.807, 2.05) is 12.1 Å². The molecule has 2 amide bonds. The molecule has 31 heavy (non-hydrogen) atoms. The van der Waals surface area contributed by atoms with Crippen molar-refractivity contribution < 1.29 is 14.0 Å². The van der Waals surface area contributed by atoms with Gasteiger partial charge in [0.1, 0.15) is 5.82 Å². The van der Waals surface area contributed by atoms with Crippen LogP contribution in [0.1, 0.15) is 36.9 Å². The maximum absolute atomic E-state index is 13.0. The molecule has 2 fully saturated rings. The molecule has 1 aliphatic carbocycles. The molecule has 1 saturated carbocycles. The van der Waals surface area contributed by atoms with Crippen molar-refractivity contribution in [3.63, 3.8) is 0 Å². The number of carbonyl (C=O) groups is 2. The Morgan fingerprint density at radius 1 is 1.13 bits per heavy atom. The molecule has 2 heterocycles. The summed E-state index contributed by atoms with van der Waals surface area (Å²) >= 11 is 0.874. The lowest BCUT2D eigenvalue weighted by Crippen LogP contribution is -2.31. The fraction of sp³-hybridized carbons (Fsp3) is 0.364. The lowest BCUT2D eigenvalue weighted by Gasteiger charge is -2.29. The zero-order valence-electron chi connectivity index (χ0n) is 16.9. The molecule has 0 spiro atoms. The predicted molar refractivity (Wildman–Crippen MR) is 119 cm³/mol. The molecule has 4 rings (SSSR count). The van der Waals surface area contributed by atoms with Gasteiger partial charge in [-0.2, -0.15) is 0 Å². The Hall–Kier alpha value is -2.78. The molecule has 1 aliphatic heterocycles. The minimum Gasteiger partial charge on any atom is -0.351 e. The van der Waals surface area contributed by atoms with Gasteiger partial charge in [0.25, 0.3) is 11.1 Å². The number of hydrogen-bond acceptors (Lipinski definition) is 7. The van der Waals surface area contributed by atoms with Gasteiger partial charge >= 0.3 is 0 Å². The summed E-state index contributed by atoms with van der Waals surface area (Å²) in [5, 5.41) is 8.73. The average molecular weight is 442 g/mol. The first-order chi connectivity index (χ1) is 15.0. The van der Waals surface area contributed by atoms with Gasteiger partial charge in [0.05, 0.1) is 10.6 Å². The summed E-state index contributed by atoms with van der Waals surface area (Å²) in [6.07, 6.45) is 7.52. The van der Waals surface area contributed by atoms with E-state index in [1.54, 1.807) is 18.3 Å². The van der Waals surface area contributed by atoms with Crippen molar-refractivity contribution in [2.45, 2.75) is 38.3 Å². The van der Waals surface area contributed by atoms with Gasteiger partial charge in [-0.25, -0.2) is 14.4 Å². The third kappa shape index (κ3) is 6.11. The number of carbonyl (C=O) groups excluding carboxylic acids is 2. The van der Waals surface area contributed by atoms with Crippen molar-refractivity contribution in [1.29, 1.82) is 0 Å². The van der Waals surface area contributed by atoms with E-state index in [0.29, 0.717) is 28.5 Å². The third-order valence-electron chi connectivity index (χ3n) is 5.45. The molecule has 0 atom stereocenters. The Kier molecular flexibility index (Phi) is 6.93. The van der Waals surface area contributed by atoms with E-state index in [2.05, 4.69) is 25.9 Å². The molecule has 0 radical (unpaired) electrons. The summed E-state index contributed by atoms with van der Waals surface area (Å²) in [4.78, 5) is 32.1. The molecule has 0 bridgehead atoms. The van der Waals surface area contributed by atoms with Gasteiger partial charge in [0.2, 0.25) is 5.95 Å². The number of imide groups is 1. The summed E-state index contributed by atoms with van der Waals surface area (Å²) in [5.41, 5.74) is 1.67. The van der Waals surface area contributed by atoms with Crippen molar-refractivity contribution in [1.82, 2.24) is 20.6 Å². The van der Waals surface area contributed by atoms with E-state index in [4.69, 9.17) is 0 Å².